The Bertz CT molecular complexity index is 1460. The molecule has 176 valence electrons. The van der Waals surface area contributed by atoms with Gasteiger partial charge in [-0.3, -0.25) is 9.59 Å². The molecule has 9 heteroatoms. The first kappa shape index (κ1) is 22.9. The predicted octanol–water partition coefficient (Wildman–Crippen LogP) is 3.41. The molecule has 2 saturated carbocycles. The predicted molar refractivity (Wildman–Crippen MR) is 132 cm³/mol. The molecule has 0 saturated heterocycles. The van der Waals surface area contributed by atoms with E-state index in [4.69, 9.17) is 10.00 Å². The van der Waals surface area contributed by atoms with E-state index in [0.29, 0.717) is 29.0 Å². The van der Waals surface area contributed by atoms with E-state index in [1.165, 1.54) is 23.5 Å². The van der Waals surface area contributed by atoms with Gasteiger partial charge in [-0.2, -0.15) is 10.5 Å². The molecule has 0 unspecified atom stereocenters. The third-order valence-electron chi connectivity index (χ3n) is 6.27. The summed E-state index contributed by atoms with van der Waals surface area (Å²) >= 11 is 1.99. The van der Waals surface area contributed by atoms with Crippen molar-refractivity contribution in [3.63, 3.8) is 0 Å². The molecule has 0 spiro atoms. The molecule has 0 bridgehead atoms. The second kappa shape index (κ2) is 9.09. The SMILES string of the molecule is Cn1c(=O)c(C(=O)NCc2ccc(C#N)cc2)cc2nc(C#N)cc(OCC3(SC4CC4)CC3)c21. The Balaban J connectivity index is 1.41. The Hall–Kier alpha value is -3.82. The minimum Gasteiger partial charge on any atom is -0.490 e. The van der Waals surface area contributed by atoms with Crippen LogP contribution in [0.2, 0.25) is 0 Å². The molecule has 2 heterocycles. The molecule has 0 radical (unpaired) electrons. The van der Waals surface area contributed by atoms with Gasteiger partial charge in [-0.25, -0.2) is 4.98 Å². The highest BCUT2D eigenvalue weighted by Gasteiger charge is 2.48. The summed E-state index contributed by atoms with van der Waals surface area (Å²) in [7, 11) is 1.58. The van der Waals surface area contributed by atoms with E-state index in [-0.39, 0.29) is 22.5 Å². The van der Waals surface area contributed by atoms with Crippen LogP contribution in [0.25, 0.3) is 11.0 Å². The molecule has 35 heavy (non-hydrogen) atoms. The number of hydrogen-bond donors (Lipinski definition) is 1. The van der Waals surface area contributed by atoms with Crippen LogP contribution in [-0.4, -0.2) is 32.1 Å². The van der Waals surface area contributed by atoms with Crippen LogP contribution in [-0.2, 0) is 13.6 Å². The number of thioether (sulfide) groups is 1. The molecule has 2 aliphatic rings. The Kier molecular flexibility index (Phi) is 5.96. The van der Waals surface area contributed by atoms with E-state index >= 15 is 0 Å². The van der Waals surface area contributed by atoms with E-state index in [9.17, 15) is 14.9 Å². The maximum absolute atomic E-state index is 13.1. The molecule has 1 amide bonds. The van der Waals surface area contributed by atoms with E-state index in [1.807, 2.05) is 23.9 Å². The Morgan fingerprint density at radius 3 is 2.60 bits per heavy atom. The van der Waals surface area contributed by atoms with Crippen LogP contribution in [0.1, 0.15) is 52.9 Å². The first-order valence-electron chi connectivity index (χ1n) is 11.4. The van der Waals surface area contributed by atoms with Crippen LogP contribution in [0, 0.1) is 22.7 Å². The second-order valence-electron chi connectivity index (χ2n) is 9.05. The first-order valence-corrected chi connectivity index (χ1v) is 12.3. The smallest absolute Gasteiger partial charge is 0.263 e. The lowest BCUT2D eigenvalue weighted by Crippen LogP contribution is -2.32. The van der Waals surface area contributed by atoms with Gasteiger partial charge in [-0.05, 0) is 49.4 Å². The largest absolute Gasteiger partial charge is 0.490 e. The van der Waals surface area contributed by atoms with E-state index < -0.39 is 11.5 Å². The minimum absolute atomic E-state index is 0.0647. The number of nitrogens with one attached hydrogen (secondary N) is 1. The number of amides is 1. The monoisotopic (exact) mass is 485 g/mol. The number of carbonyl (C=O) groups excluding carboxylic acids is 1. The van der Waals surface area contributed by atoms with Gasteiger partial charge in [0.05, 0.1) is 21.9 Å². The van der Waals surface area contributed by atoms with Gasteiger partial charge in [0, 0.05) is 24.9 Å². The summed E-state index contributed by atoms with van der Waals surface area (Å²) in [5, 5.41) is 21.9. The highest BCUT2D eigenvalue weighted by molar-refractivity contribution is 8.01. The number of pyridine rings is 2. The van der Waals surface area contributed by atoms with Gasteiger partial charge in [0.15, 0.2) is 0 Å². The molecular formula is C26H23N5O3S. The number of benzene rings is 1. The number of hydrogen-bond acceptors (Lipinski definition) is 7. The standard InChI is InChI=1S/C26H23N5O3S/c1-31-23-21(11-20(25(31)33)24(32)29-14-17-4-2-16(12-27)3-5-17)30-18(13-28)10-22(23)34-15-26(8-9-26)35-19-6-7-19/h2-5,10-11,19H,6-9,14-15H2,1H3,(H,29,32). The normalized spacial score (nSPS) is 15.7. The summed E-state index contributed by atoms with van der Waals surface area (Å²) in [6, 6.07) is 13.9. The zero-order valence-electron chi connectivity index (χ0n) is 19.2. The Morgan fingerprint density at radius 1 is 1.23 bits per heavy atom. The van der Waals surface area contributed by atoms with Crippen molar-refractivity contribution in [3.8, 4) is 17.9 Å². The lowest BCUT2D eigenvalue weighted by molar-refractivity contribution is 0.0949. The van der Waals surface area contributed by atoms with Crippen LogP contribution in [0.5, 0.6) is 5.75 Å². The third-order valence-corrected chi connectivity index (χ3v) is 8.10. The quantitative estimate of drug-likeness (QED) is 0.519. The van der Waals surface area contributed by atoms with Gasteiger partial charge in [-0.15, -0.1) is 11.8 Å². The Morgan fingerprint density at radius 2 is 1.97 bits per heavy atom. The average molecular weight is 486 g/mol. The summed E-state index contributed by atoms with van der Waals surface area (Å²) in [6.45, 7) is 0.714. The highest BCUT2D eigenvalue weighted by atomic mass is 32.2. The fourth-order valence-electron chi connectivity index (χ4n) is 3.94. The molecule has 5 rings (SSSR count). The van der Waals surface area contributed by atoms with Gasteiger partial charge in [0.1, 0.15) is 35.2 Å². The van der Waals surface area contributed by atoms with Crippen molar-refractivity contribution < 1.29 is 9.53 Å². The zero-order valence-corrected chi connectivity index (χ0v) is 20.0. The maximum Gasteiger partial charge on any atom is 0.263 e. The average Bonchev–Trinajstić information content (AvgIpc) is 3.82. The van der Waals surface area contributed by atoms with Crippen molar-refractivity contribution in [2.45, 2.75) is 42.2 Å². The van der Waals surface area contributed by atoms with Crippen LogP contribution in [0.15, 0.2) is 41.2 Å². The molecule has 0 atom stereocenters. The lowest BCUT2D eigenvalue weighted by Gasteiger charge is -2.18. The number of carbonyl (C=O) groups is 1. The van der Waals surface area contributed by atoms with Gasteiger partial charge in [0.2, 0.25) is 0 Å². The Labute approximate surface area is 206 Å². The molecular weight excluding hydrogens is 462 g/mol. The van der Waals surface area contributed by atoms with Crippen molar-refractivity contribution in [1.29, 1.82) is 10.5 Å². The molecule has 2 aliphatic carbocycles. The van der Waals surface area contributed by atoms with Crippen LogP contribution >= 0.6 is 11.8 Å². The van der Waals surface area contributed by atoms with Crippen molar-refractivity contribution in [3.05, 3.63) is 69.1 Å². The van der Waals surface area contributed by atoms with E-state index in [0.717, 1.165) is 23.7 Å². The molecule has 0 aliphatic heterocycles. The maximum atomic E-state index is 13.1. The summed E-state index contributed by atoms with van der Waals surface area (Å²) in [5.41, 5.74) is 1.77. The minimum atomic E-state index is -0.541. The number of fused-ring (bicyclic) bond motifs is 1. The number of aryl methyl sites for hydroxylation is 1. The molecule has 2 fully saturated rings. The van der Waals surface area contributed by atoms with Crippen molar-refractivity contribution >= 4 is 28.7 Å². The van der Waals surface area contributed by atoms with Gasteiger partial charge >= 0.3 is 0 Å². The van der Waals surface area contributed by atoms with E-state index in [2.05, 4.69) is 10.3 Å². The second-order valence-corrected chi connectivity index (χ2v) is 10.8. The number of nitriles is 2. The number of aromatic nitrogens is 2. The molecule has 1 N–H and O–H groups in total. The van der Waals surface area contributed by atoms with Gasteiger partial charge in [-0.1, -0.05) is 12.1 Å². The zero-order chi connectivity index (χ0) is 24.6. The number of ether oxygens (including phenoxy) is 1. The number of rotatable bonds is 8. The summed E-state index contributed by atoms with van der Waals surface area (Å²) in [6.07, 6.45) is 4.72. The third kappa shape index (κ3) is 4.87. The van der Waals surface area contributed by atoms with Crippen LogP contribution in [0.4, 0.5) is 0 Å². The van der Waals surface area contributed by atoms with Crippen LogP contribution in [0.3, 0.4) is 0 Å². The van der Waals surface area contributed by atoms with Crippen LogP contribution < -0.4 is 15.6 Å². The fraction of sp³-hybridized carbons (Fsp3) is 0.346. The fourth-order valence-corrected chi connectivity index (χ4v) is 5.48. The molecule has 3 aromatic rings. The van der Waals surface area contributed by atoms with Gasteiger partial charge in [0.25, 0.3) is 11.5 Å². The lowest BCUT2D eigenvalue weighted by atomic mass is 10.1. The number of nitrogens with zero attached hydrogens (tertiary/aromatic N) is 4. The first-order chi connectivity index (χ1) is 16.9. The molecule has 1 aromatic carbocycles. The summed E-state index contributed by atoms with van der Waals surface area (Å²) in [4.78, 5) is 30.3. The highest BCUT2D eigenvalue weighted by Crippen LogP contribution is 2.55. The molecule has 8 nitrogen and oxygen atoms in total. The van der Waals surface area contributed by atoms with Crippen molar-refractivity contribution in [2.75, 3.05) is 6.61 Å². The molecule has 2 aromatic heterocycles. The summed E-state index contributed by atoms with van der Waals surface area (Å²) in [5.74, 6) is -0.111. The topological polar surface area (TPSA) is 121 Å². The van der Waals surface area contributed by atoms with E-state index in [1.54, 1.807) is 37.4 Å². The summed E-state index contributed by atoms with van der Waals surface area (Å²) < 4.78 is 7.67. The van der Waals surface area contributed by atoms with Crippen molar-refractivity contribution in [2.24, 2.45) is 7.05 Å². The van der Waals surface area contributed by atoms with Crippen molar-refractivity contribution in [1.82, 2.24) is 14.9 Å². The van der Waals surface area contributed by atoms with Gasteiger partial charge < -0.3 is 14.6 Å².